The number of nitrogens with zero attached hydrogens (tertiary/aromatic N) is 2. The van der Waals surface area contributed by atoms with Crippen LogP contribution in [-0.2, 0) is 0 Å². The number of piperidine rings is 1. The lowest BCUT2D eigenvalue weighted by Gasteiger charge is -2.31. The highest BCUT2D eigenvalue weighted by Crippen LogP contribution is 2.38. The fourth-order valence-corrected chi connectivity index (χ4v) is 3.61. The Morgan fingerprint density at radius 1 is 1.47 bits per heavy atom. The minimum atomic E-state index is -0.305. The molecular weight excluding hydrogens is 241 g/mol. The molecule has 1 saturated heterocycles. The number of hydrogen-bond donors (Lipinski definition) is 1. The average molecular weight is 263 g/mol. The Morgan fingerprint density at radius 2 is 2.32 bits per heavy atom. The van der Waals surface area contributed by atoms with Gasteiger partial charge < -0.3 is 5.73 Å². The lowest BCUT2D eigenvalue weighted by Crippen LogP contribution is -2.38. The molecule has 1 aliphatic heterocycles. The molecule has 19 heavy (non-hydrogen) atoms. The third-order valence-electron chi connectivity index (χ3n) is 4.75. The van der Waals surface area contributed by atoms with Crippen molar-refractivity contribution >= 4 is 0 Å². The molecule has 104 valence electrons. The summed E-state index contributed by atoms with van der Waals surface area (Å²) < 4.78 is 12.9. The smallest absolute Gasteiger partial charge is 0.141 e. The fraction of sp³-hybridized carbons (Fsp3) is 0.667. The molecular formula is C15H22FN3. The minimum Gasteiger partial charge on any atom is -0.322 e. The Hall–Kier alpha value is -1.00. The second kappa shape index (κ2) is 5.17. The van der Waals surface area contributed by atoms with E-state index in [1.165, 1.54) is 38.1 Å². The van der Waals surface area contributed by atoms with Gasteiger partial charge in [0, 0.05) is 19.1 Å². The van der Waals surface area contributed by atoms with Crippen LogP contribution in [0.5, 0.6) is 0 Å². The molecule has 1 aromatic heterocycles. The number of hydrogen-bond acceptors (Lipinski definition) is 3. The summed E-state index contributed by atoms with van der Waals surface area (Å²) in [6.07, 6.45) is 5.37. The molecule has 4 unspecified atom stereocenters. The second-order valence-electron chi connectivity index (χ2n) is 6.19. The molecule has 0 radical (unpaired) electrons. The van der Waals surface area contributed by atoms with E-state index in [9.17, 15) is 4.39 Å². The number of nitrogens with two attached hydrogens (primary N) is 1. The molecule has 2 bridgehead atoms. The Bertz CT molecular complexity index is 434. The lowest BCUT2D eigenvalue weighted by atomic mass is 9.97. The molecule has 0 amide bonds. The van der Waals surface area contributed by atoms with Crippen LogP contribution in [-0.4, -0.2) is 29.0 Å². The van der Waals surface area contributed by atoms with Crippen LogP contribution >= 0.6 is 0 Å². The van der Waals surface area contributed by atoms with E-state index in [2.05, 4.69) is 16.8 Å². The van der Waals surface area contributed by atoms with Crippen molar-refractivity contribution in [3.05, 3.63) is 29.8 Å². The topological polar surface area (TPSA) is 42.1 Å². The standard InChI is InChI=1S/C15H22FN3/c1-10(8-19-9-11-2-4-13(19)6-11)15(17)14-5-3-12(16)7-18-14/h3,5,7,10-11,13,15H,2,4,6,8-9,17H2,1H3. The Labute approximate surface area is 114 Å². The van der Waals surface area contributed by atoms with Crippen molar-refractivity contribution in [2.45, 2.75) is 38.3 Å². The number of aromatic nitrogens is 1. The van der Waals surface area contributed by atoms with E-state index in [0.717, 1.165) is 24.2 Å². The summed E-state index contributed by atoms with van der Waals surface area (Å²) in [6, 6.07) is 3.81. The van der Waals surface area contributed by atoms with Gasteiger partial charge in [0.25, 0.3) is 0 Å². The monoisotopic (exact) mass is 263 g/mol. The van der Waals surface area contributed by atoms with E-state index in [0.29, 0.717) is 5.92 Å². The van der Waals surface area contributed by atoms with Crippen LogP contribution in [0.15, 0.2) is 18.3 Å². The predicted molar refractivity (Wildman–Crippen MR) is 73.0 cm³/mol. The van der Waals surface area contributed by atoms with E-state index >= 15 is 0 Å². The molecule has 4 atom stereocenters. The number of fused-ring (bicyclic) bond motifs is 2. The largest absolute Gasteiger partial charge is 0.322 e. The normalized spacial score (nSPS) is 29.6. The lowest BCUT2D eigenvalue weighted by molar-refractivity contribution is 0.176. The van der Waals surface area contributed by atoms with Gasteiger partial charge in [-0.2, -0.15) is 0 Å². The molecule has 2 N–H and O–H groups in total. The molecule has 4 heteroatoms. The number of pyridine rings is 1. The van der Waals surface area contributed by atoms with Gasteiger partial charge in [-0.05, 0) is 43.2 Å². The zero-order valence-electron chi connectivity index (χ0n) is 11.4. The van der Waals surface area contributed by atoms with Crippen LogP contribution in [0.1, 0.15) is 37.9 Å². The van der Waals surface area contributed by atoms with Gasteiger partial charge in [0.1, 0.15) is 5.82 Å². The summed E-state index contributed by atoms with van der Waals surface area (Å²) in [4.78, 5) is 6.69. The van der Waals surface area contributed by atoms with Crippen molar-refractivity contribution in [2.24, 2.45) is 17.6 Å². The molecule has 3 nitrogen and oxygen atoms in total. The molecule has 3 rings (SSSR count). The highest BCUT2D eigenvalue weighted by Gasteiger charge is 2.38. The maximum absolute atomic E-state index is 12.9. The van der Waals surface area contributed by atoms with Crippen molar-refractivity contribution in [3.8, 4) is 0 Å². The summed E-state index contributed by atoms with van der Waals surface area (Å²) in [7, 11) is 0. The summed E-state index contributed by atoms with van der Waals surface area (Å²) in [5, 5.41) is 0. The van der Waals surface area contributed by atoms with Gasteiger partial charge >= 0.3 is 0 Å². The van der Waals surface area contributed by atoms with E-state index in [1.54, 1.807) is 6.07 Å². The summed E-state index contributed by atoms with van der Waals surface area (Å²) in [6.45, 7) is 4.43. The fourth-order valence-electron chi connectivity index (χ4n) is 3.61. The Kier molecular flexibility index (Phi) is 3.54. The van der Waals surface area contributed by atoms with E-state index < -0.39 is 0 Å². The van der Waals surface area contributed by atoms with Crippen LogP contribution in [0.3, 0.4) is 0 Å². The third kappa shape index (κ3) is 2.65. The summed E-state index contributed by atoms with van der Waals surface area (Å²) in [5.41, 5.74) is 7.04. The quantitative estimate of drug-likeness (QED) is 0.906. The van der Waals surface area contributed by atoms with E-state index in [-0.39, 0.29) is 11.9 Å². The van der Waals surface area contributed by atoms with E-state index in [1.807, 2.05) is 0 Å². The van der Waals surface area contributed by atoms with E-state index in [4.69, 9.17) is 5.73 Å². The third-order valence-corrected chi connectivity index (χ3v) is 4.75. The van der Waals surface area contributed by atoms with Crippen LogP contribution in [0.2, 0.25) is 0 Å². The molecule has 1 saturated carbocycles. The van der Waals surface area contributed by atoms with Gasteiger partial charge in [-0.25, -0.2) is 4.39 Å². The first-order valence-electron chi connectivity index (χ1n) is 7.24. The maximum atomic E-state index is 12.9. The zero-order valence-corrected chi connectivity index (χ0v) is 11.4. The first-order valence-corrected chi connectivity index (χ1v) is 7.24. The highest BCUT2D eigenvalue weighted by atomic mass is 19.1. The minimum absolute atomic E-state index is 0.111. The maximum Gasteiger partial charge on any atom is 0.141 e. The van der Waals surface area contributed by atoms with Crippen LogP contribution < -0.4 is 5.73 Å². The molecule has 2 heterocycles. The van der Waals surface area contributed by atoms with Crippen LogP contribution in [0, 0.1) is 17.7 Å². The van der Waals surface area contributed by atoms with Crippen LogP contribution in [0.25, 0.3) is 0 Å². The van der Waals surface area contributed by atoms with Gasteiger partial charge in [-0.3, -0.25) is 9.88 Å². The van der Waals surface area contributed by atoms with Gasteiger partial charge in [0.05, 0.1) is 17.9 Å². The van der Waals surface area contributed by atoms with Gasteiger partial charge in [-0.15, -0.1) is 0 Å². The van der Waals surface area contributed by atoms with Crippen molar-refractivity contribution < 1.29 is 4.39 Å². The van der Waals surface area contributed by atoms with Crippen molar-refractivity contribution in [1.29, 1.82) is 0 Å². The molecule has 1 aromatic rings. The molecule has 0 spiro atoms. The summed E-state index contributed by atoms with van der Waals surface area (Å²) in [5.74, 6) is 0.954. The van der Waals surface area contributed by atoms with Gasteiger partial charge in [0.2, 0.25) is 0 Å². The molecule has 0 aromatic carbocycles. The average Bonchev–Trinajstić information content (AvgIpc) is 3.01. The molecule has 2 fully saturated rings. The number of likely N-dealkylation sites (tertiary alicyclic amines) is 1. The predicted octanol–water partition coefficient (Wildman–Crippen LogP) is 2.34. The van der Waals surface area contributed by atoms with Crippen molar-refractivity contribution in [2.75, 3.05) is 13.1 Å². The first-order chi connectivity index (χ1) is 9.13. The van der Waals surface area contributed by atoms with Gasteiger partial charge in [0.15, 0.2) is 0 Å². The Balaban J connectivity index is 1.60. The summed E-state index contributed by atoms with van der Waals surface area (Å²) >= 11 is 0. The Morgan fingerprint density at radius 3 is 2.89 bits per heavy atom. The number of halogens is 1. The second-order valence-corrected chi connectivity index (χ2v) is 6.19. The van der Waals surface area contributed by atoms with Gasteiger partial charge in [-0.1, -0.05) is 6.92 Å². The molecule has 1 aliphatic carbocycles. The molecule has 2 aliphatic rings. The van der Waals surface area contributed by atoms with Crippen molar-refractivity contribution in [1.82, 2.24) is 9.88 Å². The van der Waals surface area contributed by atoms with Crippen molar-refractivity contribution in [3.63, 3.8) is 0 Å². The highest BCUT2D eigenvalue weighted by molar-refractivity contribution is 5.10. The SMILES string of the molecule is CC(CN1CC2CCC1C2)C(N)c1ccc(F)cn1. The zero-order chi connectivity index (χ0) is 13.4. The first kappa shape index (κ1) is 13.0. The van der Waals surface area contributed by atoms with Crippen LogP contribution in [0.4, 0.5) is 4.39 Å². The number of rotatable bonds is 4.